The molecule has 1 aromatic carbocycles. The van der Waals surface area contributed by atoms with Crippen molar-refractivity contribution in [2.24, 2.45) is 17.4 Å². The minimum atomic E-state index is -0.717. The average Bonchev–Trinajstić information content (AvgIpc) is 3.05. The van der Waals surface area contributed by atoms with Gasteiger partial charge in [-0.1, -0.05) is 12.1 Å². The summed E-state index contributed by atoms with van der Waals surface area (Å²) in [6, 6.07) is 6.25. The van der Waals surface area contributed by atoms with Crippen LogP contribution in [0.5, 0.6) is 5.75 Å². The number of amides is 1. The number of nitrogens with one attached hydrogen (secondary N) is 1. The Morgan fingerprint density at radius 3 is 2.53 bits per heavy atom. The van der Waals surface area contributed by atoms with E-state index in [0.29, 0.717) is 24.6 Å². The fraction of sp³-hybridized carbons (Fsp3) is 0.591. The molecule has 5 N–H and O–H groups in total. The Kier molecular flexibility index (Phi) is 7.79. The van der Waals surface area contributed by atoms with E-state index in [1.165, 1.54) is 7.11 Å². The molecule has 2 aliphatic heterocycles. The SMILES string of the molecule is COC(=O)C(N)Cc1ccc(OC2OC(=O)N(CCC3CCN(C(=N)N)CC3)C2C)cc1. The molecular weight excluding hydrogens is 414 g/mol. The Hall–Kier alpha value is -3.01. The number of nitrogens with zero attached hydrogens (tertiary/aromatic N) is 2. The van der Waals surface area contributed by atoms with E-state index in [9.17, 15) is 9.59 Å². The average molecular weight is 448 g/mol. The molecule has 2 saturated heterocycles. The van der Waals surface area contributed by atoms with Gasteiger partial charge in [-0.25, -0.2) is 4.79 Å². The van der Waals surface area contributed by atoms with E-state index in [1.54, 1.807) is 17.0 Å². The molecular formula is C22H33N5O5. The van der Waals surface area contributed by atoms with Gasteiger partial charge in [-0.05, 0) is 56.2 Å². The highest BCUT2D eigenvalue weighted by Gasteiger charge is 2.40. The van der Waals surface area contributed by atoms with E-state index in [1.807, 2.05) is 24.0 Å². The van der Waals surface area contributed by atoms with E-state index in [2.05, 4.69) is 4.74 Å². The molecule has 0 radical (unpaired) electrons. The number of carbonyl (C=O) groups is 2. The second kappa shape index (κ2) is 10.5. The fourth-order valence-corrected chi connectivity index (χ4v) is 4.11. The molecule has 0 bridgehead atoms. The molecule has 3 unspecified atom stereocenters. The Morgan fingerprint density at radius 1 is 1.28 bits per heavy atom. The number of likely N-dealkylation sites (tertiary alicyclic amines) is 1. The molecule has 3 rings (SSSR count). The summed E-state index contributed by atoms with van der Waals surface area (Å²) in [6.45, 7) is 4.09. The van der Waals surface area contributed by atoms with Crippen LogP contribution in [0, 0.1) is 11.3 Å². The van der Waals surface area contributed by atoms with Gasteiger partial charge in [0.1, 0.15) is 17.8 Å². The highest BCUT2D eigenvalue weighted by molar-refractivity contribution is 5.75. The minimum absolute atomic E-state index is 0.125. The maximum Gasteiger partial charge on any atom is 0.413 e. The van der Waals surface area contributed by atoms with Crippen LogP contribution in [0.3, 0.4) is 0 Å². The van der Waals surface area contributed by atoms with Crippen molar-refractivity contribution in [1.82, 2.24) is 9.80 Å². The number of ether oxygens (including phenoxy) is 3. The zero-order chi connectivity index (χ0) is 23.3. The largest absolute Gasteiger partial charge is 0.468 e. The quantitative estimate of drug-likeness (QED) is 0.307. The maximum absolute atomic E-state index is 12.4. The number of carbonyl (C=O) groups excluding carboxylic acids is 2. The normalized spacial score (nSPS) is 22.4. The van der Waals surface area contributed by atoms with Gasteiger partial charge < -0.3 is 30.6 Å². The molecule has 10 nitrogen and oxygen atoms in total. The second-order valence-electron chi connectivity index (χ2n) is 8.39. The van der Waals surface area contributed by atoms with Crippen molar-refractivity contribution >= 4 is 18.0 Å². The molecule has 0 spiro atoms. The van der Waals surface area contributed by atoms with Gasteiger partial charge in [0.25, 0.3) is 6.29 Å². The first-order valence-electron chi connectivity index (χ1n) is 10.9. The highest BCUT2D eigenvalue weighted by Crippen LogP contribution is 2.26. The lowest BCUT2D eigenvalue weighted by Gasteiger charge is -2.33. The Labute approximate surface area is 188 Å². The van der Waals surface area contributed by atoms with Gasteiger partial charge in [0, 0.05) is 19.6 Å². The molecule has 0 aromatic heterocycles. The molecule has 176 valence electrons. The molecule has 0 saturated carbocycles. The molecule has 1 amide bonds. The number of piperidine rings is 1. The van der Waals surface area contributed by atoms with Crippen LogP contribution in [0.4, 0.5) is 4.79 Å². The molecule has 2 heterocycles. The third-order valence-electron chi connectivity index (χ3n) is 6.21. The number of nitrogens with two attached hydrogens (primary N) is 2. The summed E-state index contributed by atoms with van der Waals surface area (Å²) in [5, 5.41) is 7.52. The number of hydrogen-bond acceptors (Lipinski definition) is 7. The lowest BCUT2D eigenvalue weighted by Crippen LogP contribution is -2.43. The number of rotatable bonds is 8. The van der Waals surface area contributed by atoms with Crippen LogP contribution in [0.25, 0.3) is 0 Å². The van der Waals surface area contributed by atoms with Crippen LogP contribution < -0.4 is 16.2 Å². The van der Waals surface area contributed by atoms with Crippen LogP contribution >= 0.6 is 0 Å². The lowest BCUT2D eigenvalue weighted by atomic mass is 9.93. The predicted molar refractivity (Wildman–Crippen MR) is 118 cm³/mol. The summed E-state index contributed by atoms with van der Waals surface area (Å²) in [5.41, 5.74) is 12.2. The first-order chi connectivity index (χ1) is 15.3. The Bertz CT molecular complexity index is 809. The van der Waals surface area contributed by atoms with Crippen molar-refractivity contribution < 1.29 is 23.8 Å². The summed E-state index contributed by atoms with van der Waals surface area (Å²) in [5.74, 6) is 0.735. The van der Waals surface area contributed by atoms with Crippen LogP contribution in [-0.2, 0) is 20.7 Å². The number of esters is 1. The summed E-state index contributed by atoms with van der Waals surface area (Å²) in [4.78, 5) is 27.4. The van der Waals surface area contributed by atoms with E-state index in [4.69, 9.17) is 26.4 Å². The number of methoxy groups -OCH3 is 1. The van der Waals surface area contributed by atoms with Crippen molar-refractivity contribution in [3.8, 4) is 5.75 Å². The van der Waals surface area contributed by atoms with Gasteiger partial charge in [-0.3, -0.25) is 15.1 Å². The zero-order valence-corrected chi connectivity index (χ0v) is 18.7. The third-order valence-corrected chi connectivity index (χ3v) is 6.21. The van der Waals surface area contributed by atoms with E-state index >= 15 is 0 Å². The smallest absolute Gasteiger partial charge is 0.413 e. The summed E-state index contributed by atoms with van der Waals surface area (Å²) >= 11 is 0. The van der Waals surface area contributed by atoms with E-state index in [-0.39, 0.29) is 18.1 Å². The number of cyclic esters (lactones) is 1. The van der Waals surface area contributed by atoms with Gasteiger partial charge in [0.05, 0.1) is 7.11 Å². The number of guanidine groups is 1. The molecule has 2 aliphatic rings. The van der Waals surface area contributed by atoms with Gasteiger partial charge in [0.2, 0.25) is 0 Å². The van der Waals surface area contributed by atoms with E-state index < -0.39 is 18.3 Å². The monoisotopic (exact) mass is 447 g/mol. The van der Waals surface area contributed by atoms with Crippen molar-refractivity contribution in [2.45, 2.75) is 51.0 Å². The second-order valence-corrected chi connectivity index (χ2v) is 8.39. The van der Waals surface area contributed by atoms with Gasteiger partial charge in [-0.15, -0.1) is 0 Å². The Balaban J connectivity index is 1.47. The fourth-order valence-electron chi connectivity index (χ4n) is 4.11. The van der Waals surface area contributed by atoms with Crippen LogP contribution in [-0.4, -0.2) is 72.9 Å². The highest BCUT2D eigenvalue weighted by atomic mass is 16.7. The van der Waals surface area contributed by atoms with Crippen LogP contribution in [0.2, 0.25) is 0 Å². The summed E-state index contributed by atoms with van der Waals surface area (Å²) in [6.07, 6.45) is 2.11. The Morgan fingerprint density at radius 2 is 1.94 bits per heavy atom. The predicted octanol–water partition coefficient (Wildman–Crippen LogP) is 1.27. The molecule has 10 heteroatoms. The first kappa shape index (κ1) is 23.6. The maximum atomic E-state index is 12.4. The van der Waals surface area contributed by atoms with Gasteiger partial charge in [-0.2, -0.15) is 0 Å². The summed E-state index contributed by atoms with van der Waals surface area (Å²) in [7, 11) is 1.31. The van der Waals surface area contributed by atoms with Gasteiger partial charge >= 0.3 is 12.1 Å². The van der Waals surface area contributed by atoms with Crippen LogP contribution in [0.15, 0.2) is 24.3 Å². The van der Waals surface area contributed by atoms with Crippen molar-refractivity contribution in [1.29, 1.82) is 5.41 Å². The zero-order valence-electron chi connectivity index (χ0n) is 18.7. The summed E-state index contributed by atoms with van der Waals surface area (Å²) < 4.78 is 16.0. The topological polar surface area (TPSA) is 144 Å². The van der Waals surface area contributed by atoms with Crippen molar-refractivity contribution in [3.05, 3.63) is 29.8 Å². The number of benzene rings is 1. The molecule has 3 atom stereocenters. The van der Waals surface area contributed by atoms with Crippen LogP contribution in [0.1, 0.15) is 31.7 Å². The first-order valence-corrected chi connectivity index (χ1v) is 10.9. The molecule has 32 heavy (non-hydrogen) atoms. The third kappa shape index (κ3) is 5.82. The molecule has 1 aromatic rings. The van der Waals surface area contributed by atoms with E-state index in [0.717, 1.165) is 37.9 Å². The standard InChI is InChI=1S/C22H33N5O5/c1-14-20(31-17-5-3-16(4-6-17)13-18(23)19(28)30-2)32-22(29)27(14)12-9-15-7-10-26(11-8-15)21(24)25/h3-6,14-15,18,20H,7-13,23H2,1-2H3,(H3,24,25). The molecule has 0 aliphatic carbocycles. The lowest BCUT2D eigenvalue weighted by molar-refractivity contribution is -0.142. The van der Waals surface area contributed by atoms with Gasteiger partial charge in [0.15, 0.2) is 5.96 Å². The van der Waals surface area contributed by atoms with Crippen molar-refractivity contribution in [3.63, 3.8) is 0 Å². The minimum Gasteiger partial charge on any atom is -0.468 e. The molecule has 2 fully saturated rings. The number of hydrogen-bond donors (Lipinski definition) is 3. The van der Waals surface area contributed by atoms with Crippen molar-refractivity contribution in [2.75, 3.05) is 26.7 Å².